The first kappa shape index (κ1) is 67.3. The average molecular weight is 1070 g/mol. The molecule has 1 aliphatic rings. The van der Waals surface area contributed by atoms with E-state index in [0.717, 1.165) is 77.0 Å². The van der Waals surface area contributed by atoms with Crippen molar-refractivity contribution in [1.82, 2.24) is 10.6 Å². The first-order valence-corrected chi connectivity index (χ1v) is 32.4. The molecule has 438 valence electrons. The highest BCUT2D eigenvalue weighted by Crippen LogP contribution is 2.46. The predicted octanol–water partition coefficient (Wildman–Crippen LogP) is 17.1. The highest BCUT2D eigenvalue weighted by molar-refractivity contribution is 5.95. The minimum atomic E-state index is -2.42. The highest BCUT2D eigenvalue weighted by Gasteiger charge is 2.60. The molecule has 10 nitrogen and oxygen atoms in total. The van der Waals surface area contributed by atoms with E-state index in [-0.39, 0.29) is 29.8 Å². The normalized spacial score (nSPS) is 18.3. The van der Waals surface area contributed by atoms with Crippen molar-refractivity contribution >= 4 is 17.6 Å². The maximum absolute atomic E-state index is 14.6. The van der Waals surface area contributed by atoms with Gasteiger partial charge in [0.25, 0.3) is 11.8 Å². The molecule has 3 rings (SSSR count). The number of nitrogens with one attached hydrogen (secondary N) is 2. The monoisotopic (exact) mass is 1060 g/mol. The van der Waals surface area contributed by atoms with Gasteiger partial charge in [-0.3, -0.25) is 14.4 Å². The summed E-state index contributed by atoms with van der Waals surface area (Å²) in [5.74, 6) is -4.38. The lowest BCUT2D eigenvalue weighted by Crippen LogP contribution is -2.60. The van der Waals surface area contributed by atoms with Crippen molar-refractivity contribution in [3.8, 4) is 0 Å². The van der Waals surface area contributed by atoms with Crippen LogP contribution < -0.4 is 10.6 Å². The van der Waals surface area contributed by atoms with Crippen LogP contribution in [0.4, 0.5) is 0 Å². The lowest BCUT2D eigenvalue weighted by molar-refractivity contribution is -0.178. The third-order valence-corrected chi connectivity index (χ3v) is 17.2. The Bertz CT molecular complexity index is 1700. The second-order valence-electron chi connectivity index (χ2n) is 23.7. The molecule has 10 heteroatoms. The summed E-state index contributed by atoms with van der Waals surface area (Å²) in [4.78, 5) is 43.7. The number of furan rings is 2. The summed E-state index contributed by atoms with van der Waals surface area (Å²) in [6, 6.07) is 6.17. The fourth-order valence-electron chi connectivity index (χ4n) is 12.2. The Balaban J connectivity index is 1.71. The molecule has 1 fully saturated rings. The van der Waals surface area contributed by atoms with Gasteiger partial charge in [0.1, 0.15) is 17.3 Å². The number of amides is 2. The molecule has 2 heterocycles. The topological polar surface area (TPSA) is 162 Å². The van der Waals surface area contributed by atoms with E-state index in [4.69, 9.17) is 8.83 Å². The Kier molecular flexibility index (Phi) is 37.2. The quantitative estimate of drug-likeness (QED) is 0.0409. The molecule has 0 aromatic carbocycles. The SMILES string of the molecule is CCCCCCCCCCCCC(CCCCCCCCCC)CNC(=O)C(O)(c1ccco1)C1CC(O)C(C(O)(C(=O)NCC(CCCCCCCCCC)CCCCCCCCCCCC)c2ccco2)CC1=O. The van der Waals surface area contributed by atoms with E-state index in [1.807, 2.05) is 0 Å². The average Bonchev–Trinajstić information content (AvgIpc) is 4.24. The lowest BCUT2D eigenvalue weighted by Gasteiger charge is -2.43. The fraction of sp³-hybridized carbons (Fsp3) is 0.833. The van der Waals surface area contributed by atoms with Gasteiger partial charge in [-0.15, -0.1) is 0 Å². The van der Waals surface area contributed by atoms with Gasteiger partial charge in [-0.25, -0.2) is 0 Å². The zero-order valence-electron chi connectivity index (χ0n) is 49.3. The third-order valence-electron chi connectivity index (χ3n) is 17.2. The van der Waals surface area contributed by atoms with Crippen molar-refractivity contribution < 1.29 is 38.5 Å². The molecule has 2 aromatic rings. The minimum absolute atomic E-state index is 0.0569. The van der Waals surface area contributed by atoms with Crippen molar-refractivity contribution in [3.05, 3.63) is 48.3 Å². The van der Waals surface area contributed by atoms with E-state index >= 15 is 0 Å². The maximum Gasteiger partial charge on any atom is 0.260 e. The molecule has 1 aliphatic carbocycles. The number of aliphatic hydroxyl groups excluding tert-OH is 1. The van der Waals surface area contributed by atoms with Crippen LogP contribution in [0.3, 0.4) is 0 Å². The van der Waals surface area contributed by atoms with Crippen LogP contribution >= 0.6 is 0 Å². The Morgan fingerprint density at radius 1 is 0.487 bits per heavy atom. The summed E-state index contributed by atoms with van der Waals surface area (Å²) in [7, 11) is 0. The van der Waals surface area contributed by atoms with Crippen LogP contribution in [-0.4, -0.2) is 52.1 Å². The van der Waals surface area contributed by atoms with E-state index in [0.29, 0.717) is 13.1 Å². The van der Waals surface area contributed by atoms with E-state index in [1.54, 1.807) is 12.1 Å². The summed E-state index contributed by atoms with van der Waals surface area (Å²) in [6.07, 6.45) is 49.1. The molecule has 7 unspecified atom stereocenters. The number of hydrogen-bond acceptors (Lipinski definition) is 8. The molecule has 1 saturated carbocycles. The number of ketones is 1. The first-order chi connectivity index (χ1) is 37.1. The largest absolute Gasteiger partial charge is 0.466 e. The van der Waals surface area contributed by atoms with Crippen molar-refractivity contribution in [1.29, 1.82) is 0 Å². The number of Topliss-reactive ketones (excluding diaryl/α,β-unsaturated/α-hetero) is 1. The van der Waals surface area contributed by atoms with Crippen LogP contribution in [0.1, 0.15) is 309 Å². The number of rotatable bonds is 50. The molecular formula is C66H116N2O8. The van der Waals surface area contributed by atoms with Gasteiger partial charge in [-0.05, 0) is 68.2 Å². The third kappa shape index (κ3) is 25.4. The van der Waals surface area contributed by atoms with Crippen molar-refractivity contribution in [2.45, 2.75) is 315 Å². The Morgan fingerprint density at radius 3 is 1.08 bits per heavy atom. The molecule has 2 amide bonds. The Morgan fingerprint density at radius 2 is 0.776 bits per heavy atom. The summed E-state index contributed by atoms with van der Waals surface area (Å²) < 4.78 is 11.5. The van der Waals surface area contributed by atoms with E-state index in [2.05, 4.69) is 38.3 Å². The van der Waals surface area contributed by atoms with Crippen LogP contribution in [0, 0.1) is 23.7 Å². The summed E-state index contributed by atoms with van der Waals surface area (Å²) >= 11 is 0. The molecular weight excluding hydrogens is 949 g/mol. The van der Waals surface area contributed by atoms with Gasteiger partial charge in [0.05, 0.1) is 24.5 Å². The zero-order valence-corrected chi connectivity index (χ0v) is 49.3. The second kappa shape index (κ2) is 42.0. The molecule has 5 N–H and O–H groups in total. The van der Waals surface area contributed by atoms with Gasteiger partial charge in [-0.2, -0.15) is 0 Å². The van der Waals surface area contributed by atoms with Crippen molar-refractivity contribution in [3.63, 3.8) is 0 Å². The number of unbranched alkanes of at least 4 members (excludes halogenated alkanes) is 32. The van der Waals surface area contributed by atoms with Gasteiger partial charge in [0, 0.05) is 25.4 Å². The number of carbonyl (C=O) groups is 3. The molecule has 0 bridgehead atoms. The molecule has 0 aliphatic heterocycles. The molecule has 76 heavy (non-hydrogen) atoms. The van der Waals surface area contributed by atoms with Crippen molar-refractivity contribution in [2.75, 3.05) is 13.1 Å². The van der Waals surface area contributed by atoms with Gasteiger partial charge in [0.15, 0.2) is 0 Å². The first-order valence-electron chi connectivity index (χ1n) is 32.4. The summed E-state index contributed by atoms with van der Waals surface area (Å²) in [6.45, 7) is 9.73. The summed E-state index contributed by atoms with van der Waals surface area (Å²) in [5, 5.41) is 43.5. The maximum atomic E-state index is 14.6. The number of carbonyl (C=O) groups excluding carboxylic acids is 3. The number of hydrogen-bond donors (Lipinski definition) is 5. The van der Waals surface area contributed by atoms with Gasteiger partial charge < -0.3 is 34.8 Å². The summed E-state index contributed by atoms with van der Waals surface area (Å²) in [5.41, 5.74) is -4.80. The Hall–Kier alpha value is -2.95. The molecule has 0 radical (unpaired) electrons. The second-order valence-corrected chi connectivity index (χ2v) is 23.7. The molecule has 0 saturated heterocycles. The standard InChI is InChI=1S/C66H116N2O8/c1-5-9-13-17-21-25-27-31-35-39-45-55(43-37-33-29-23-19-15-11-7-3)53-67-63(71)65(73,61-47-41-49-75-61)57-51-60(70)58(52-59(57)69)66(74,62-48-42-50-76-62)64(72)68-54-56(44-38-34-30-24-20-16-12-8-4)46-40-36-32-28-26-22-18-14-10-6-2/h41-42,47-50,55-59,69,73-74H,5-40,43-46,51-54H2,1-4H3,(H,67,71)(H,68,72). The highest BCUT2D eigenvalue weighted by atomic mass is 16.4. The van der Waals surface area contributed by atoms with E-state index < -0.39 is 53.2 Å². The number of aliphatic hydroxyl groups is 3. The smallest absolute Gasteiger partial charge is 0.260 e. The van der Waals surface area contributed by atoms with Crippen LogP contribution in [0.25, 0.3) is 0 Å². The van der Waals surface area contributed by atoms with E-state index in [1.165, 1.54) is 204 Å². The van der Waals surface area contributed by atoms with Crippen LogP contribution in [0.5, 0.6) is 0 Å². The van der Waals surface area contributed by atoms with E-state index in [9.17, 15) is 29.7 Å². The van der Waals surface area contributed by atoms with Gasteiger partial charge in [0.2, 0.25) is 11.2 Å². The zero-order chi connectivity index (χ0) is 55.0. The molecule has 0 spiro atoms. The predicted molar refractivity (Wildman–Crippen MR) is 313 cm³/mol. The van der Waals surface area contributed by atoms with Gasteiger partial charge >= 0.3 is 0 Å². The van der Waals surface area contributed by atoms with Gasteiger partial charge in [-0.1, -0.05) is 259 Å². The molecule has 7 atom stereocenters. The molecule has 2 aromatic heterocycles. The van der Waals surface area contributed by atoms with Crippen LogP contribution in [0.15, 0.2) is 45.6 Å². The Labute approximate surface area is 464 Å². The lowest BCUT2D eigenvalue weighted by atomic mass is 9.65. The minimum Gasteiger partial charge on any atom is -0.466 e. The van der Waals surface area contributed by atoms with Crippen LogP contribution in [-0.2, 0) is 25.6 Å². The van der Waals surface area contributed by atoms with Crippen molar-refractivity contribution in [2.24, 2.45) is 23.7 Å². The fourth-order valence-corrected chi connectivity index (χ4v) is 12.2. The van der Waals surface area contributed by atoms with Crippen LogP contribution in [0.2, 0.25) is 0 Å².